The molecule has 0 saturated carbocycles. The van der Waals surface area contributed by atoms with Crippen LogP contribution < -0.4 is 0 Å². The first-order chi connectivity index (χ1) is 10.3. The molecule has 1 amide bonds. The molecule has 3 rings (SSSR count). The number of sulfonamides is 1. The van der Waals surface area contributed by atoms with E-state index >= 15 is 0 Å². The van der Waals surface area contributed by atoms with Crippen molar-refractivity contribution in [1.29, 1.82) is 0 Å². The number of amides is 1. The van der Waals surface area contributed by atoms with E-state index in [9.17, 15) is 13.2 Å². The standard InChI is InChI=1S/C14H25N3O4S/c1-15-5-7-16(8-6-15)14(18)12-9-11-3-4-17(22(2,19)20)10-13(11)21-12/h11-13H,3-10H2,1-2H3/t11-,12+,13+/m1/s1. The van der Waals surface area contributed by atoms with Gasteiger partial charge in [0.05, 0.1) is 12.4 Å². The summed E-state index contributed by atoms with van der Waals surface area (Å²) in [7, 11) is -1.12. The molecule has 0 aromatic heterocycles. The van der Waals surface area contributed by atoms with Gasteiger partial charge in [0.2, 0.25) is 10.0 Å². The number of fused-ring (bicyclic) bond motifs is 1. The number of likely N-dealkylation sites (N-methyl/N-ethyl adjacent to an activating group) is 1. The molecule has 7 nitrogen and oxygen atoms in total. The molecule has 0 N–H and O–H groups in total. The Hall–Kier alpha value is -0.700. The van der Waals surface area contributed by atoms with Crippen molar-refractivity contribution in [1.82, 2.24) is 14.1 Å². The van der Waals surface area contributed by atoms with Gasteiger partial charge < -0.3 is 14.5 Å². The van der Waals surface area contributed by atoms with Crippen LogP contribution in [0.2, 0.25) is 0 Å². The minimum absolute atomic E-state index is 0.0772. The van der Waals surface area contributed by atoms with E-state index < -0.39 is 16.1 Å². The first-order valence-corrected chi connectivity index (χ1v) is 9.77. The van der Waals surface area contributed by atoms with Crippen molar-refractivity contribution in [2.75, 3.05) is 52.6 Å². The third-order valence-electron chi connectivity index (χ3n) is 5.07. The predicted molar refractivity (Wildman–Crippen MR) is 81.9 cm³/mol. The summed E-state index contributed by atoms with van der Waals surface area (Å²) in [4.78, 5) is 16.7. The van der Waals surface area contributed by atoms with Crippen molar-refractivity contribution in [3.63, 3.8) is 0 Å². The van der Waals surface area contributed by atoms with Gasteiger partial charge in [-0.2, -0.15) is 4.31 Å². The van der Waals surface area contributed by atoms with Gasteiger partial charge in [-0.3, -0.25) is 4.79 Å². The molecule has 0 aromatic carbocycles. The second-order valence-electron chi connectivity index (χ2n) is 6.70. The van der Waals surface area contributed by atoms with E-state index in [0.29, 0.717) is 19.0 Å². The van der Waals surface area contributed by atoms with Gasteiger partial charge in [0.15, 0.2) is 0 Å². The lowest BCUT2D eigenvalue weighted by Crippen LogP contribution is -2.50. The normalized spacial score (nSPS) is 34.6. The molecular weight excluding hydrogens is 306 g/mol. The van der Waals surface area contributed by atoms with Gasteiger partial charge in [-0.1, -0.05) is 0 Å². The molecular formula is C14H25N3O4S. The van der Waals surface area contributed by atoms with Gasteiger partial charge >= 0.3 is 0 Å². The fourth-order valence-electron chi connectivity index (χ4n) is 3.59. The lowest BCUT2D eigenvalue weighted by atomic mass is 9.92. The van der Waals surface area contributed by atoms with Crippen molar-refractivity contribution < 1.29 is 17.9 Å². The molecule has 3 heterocycles. The Morgan fingerprint density at radius 2 is 1.82 bits per heavy atom. The monoisotopic (exact) mass is 331 g/mol. The van der Waals surface area contributed by atoms with E-state index in [2.05, 4.69) is 11.9 Å². The summed E-state index contributed by atoms with van der Waals surface area (Å²) in [6.07, 6.45) is 2.22. The van der Waals surface area contributed by atoms with Crippen LogP contribution in [-0.4, -0.2) is 93.2 Å². The smallest absolute Gasteiger partial charge is 0.251 e. The van der Waals surface area contributed by atoms with E-state index in [-0.39, 0.29) is 12.0 Å². The van der Waals surface area contributed by atoms with Crippen molar-refractivity contribution in [2.45, 2.75) is 25.0 Å². The molecule has 3 fully saturated rings. The Morgan fingerprint density at radius 3 is 2.45 bits per heavy atom. The lowest BCUT2D eigenvalue weighted by Gasteiger charge is -2.34. The zero-order valence-electron chi connectivity index (χ0n) is 13.3. The van der Waals surface area contributed by atoms with Gasteiger partial charge in [0.25, 0.3) is 5.91 Å². The summed E-state index contributed by atoms with van der Waals surface area (Å²) in [6, 6.07) is 0. The summed E-state index contributed by atoms with van der Waals surface area (Å²) >= 11 is 0. The number of carbonyl (C=O) groups excluding carboxylic acids is 1. The molecule has 0 bridgehead atoms. The Balaban J connectivity index is 1.59. The van der Waals surface area contributed by atoms with E-state index in [4.69, 9.17) is 4.74 Å². The largest absolute Gasteiger partial charge is 0.363 e. The molecule has 0 aromatic rings. The molecule has 8 heteroatoms. The maximum Gasteiger partial charge on any atom is 0.251 e. The third-order valence-corrected chi connectivity index (χ3v) is 6.34. The topological polar surface area (TPSA) is 70.2 Å². The number of rotatable bonds is 2. The van der Waals surface area contributed by atoms with Gasteiger partial charge in [-0.25, -0.2) is 8.42 Å². The van der Waals surface area contributed by atoms with Gasteiger partial charge in [-0.15, -0.1) is 0 Å². The molecule has 0 spiro atoms. The second-order valence-corrected chi connectivity index (χ2v) is 8.68. The van der Waals surface area contributed by atoms with Crippen molar-refractivity contribution >= 4 is 15.9 Å². The van der Waals surface area contributed by atoms with Crippen LogP contribution in [-0.2, 0) is 19.6 Å². The Labute approximate surface area is 132 Å². The van der Waals surface area contributed by atoms with Gasteiger partial charge in [0.1, 0.15) is 6.10 Å². The van der Waals surface area contributed by atoms with E-state index in [1.807, 2.05) is 4.90 Å². The molecule has 3 aliphatic heterocycles. The Kier molecular flexibility index (Phi) is 4.46. The molecule has 0 radical (unpaired) electrons. The lowest BCUT2D eigenvalue weighted by molar-refractivity contribution is -0.144. The highest BCUT2D eigenvalue weighted by Crippen LogP contribution is 2.34. The van der Waals surface area contributed by atoms with Crippen molar-refractivity contribution in [3.8, 4) is 0 Å². The number of nitrogens with zero attached hydrogens (tertiary/aromatic N) is 3. The van der Waals surface area contributed by atoms with E-state index in [1.165, 1.54) is 10.6 Å². The fourth-order valence-corrected chi connectivity index (χ4v) is 4.45. The summed E-state index contributed by atoms with van der Waals surface area (Å²) in [5.74, 6) is 0.382. The number of hydrogen-bond donors (Lipinski definition) is 0. The van der Waals surface area contributed by atoms with Crippen molar-refractivity contribution in [3.05, 3.63) is 0 Å². The van der Waals surface area contributed by atoms with Crippen LogP contribution >= 0.6 is 0 Å². The quantitative estimate of drug-likeness (QED) is 0.663. The number of ether oxygens (including phenoxy) is 1. The third kappa shape index (κ3) is 3.29. The SMILES string of the molecule is CN1CCN(C(=O)[C@@H]2C[C@H]3CCN(S(C)(=O)=O)C[C@@H]3O2)CC1. The number of hydrogen-bond acceptors (Lipinski definition) is 5. The Morgan fingerprint density at radius 1 is 1.14 bits per heavy atom. The maximum atomic E-state index is 12.6. The first kappa shape index (κ1) is 16.2. The Bertz CT molecular complexity index is 530. The summed E-state index contributed by atoms with van der Waals surface area (Å²) in [6.45, 7) is 4.22. The highest BCUT2D eigenvalue weighted by molar-refractivity contribution is 7.88. The number of piperazine rings is 1. The molecule has 0 unspecified atom stereocenters. The summed E-state index contributed by atoms with van der Waals surface area (Å²) < 4.78 is 30.7. The maximum absolute atomic E-state index is 12.6. The van der Waals surface area contributed by atoms with Crippen molar-refractivity contribution in [2.24, 2.45) is 5.92 Å². The van der Waals surface area contributed by atoms with E-state index in [1.54, 1.807) is 0 Å². The second kappa shape index (κ2) is 6.07. The minimum Gasteiger partial charge on any atom is -0.363 e. The minimum atomic E-state index is -3.18. The summed E-state index contributed by atoms with van der Waals surface area (Å²) in [5, 5.41) is 0. The van der Waals surface area contributed by atoms with Crippen LogP contribution in [0.4, 0.5) is 0 Å². The predicted octanol–water partition coefficient (Wildman–Crippen LogP) is -0.801. The molecule has 22 heavy (non-hydrogen) atoms. The summed E-state index contributed by atoms with van der Waals surface area (Å²) in [5.41, 5.74) is 0. The molecule has 126 valence electrons. The zero-order valence-corrected chi connectivity index (χ0v) is 14.1. The molecule has 3 saturated heterocycles. The highest BCUT2D eigenvalue weighted by Gasteiger charge is 2.44. The highest BCUT2D eigenvalue weighted by atomic mass is 32.2. The van der Waals surface area contributed by atoms with Crippen LogP contribution in [0.5, 0.6) is 0 Å². The molecule has 0 aliphatic carbocycles. The average Bonchev–Trinajstić information content (AvgIpc) is 2.89. The fraction of sp³-hybridized carbons (Fsp3) is 0.929. The number of piperidine rings is 1. The van der Waals surface area contributed by atoms with E-state index in [0.717, 1.165) is 39.0 Å². The van der Waals surface area contributed by atoms with Gasteiger partial charge in [0, 0.05) is 39.3 Å². The van der Waals surface area contributed by atoms with Gasteiger partial charge in [-0.05, 0) is 25.8 Å². The van der Waals surface area contributed by atoms with Crippen LogP contribution in [0.1, 0.15) is 12.8 Å². The molecule has 3 atom stereocenters. The van der Waals surface area contributed by atoms with Crippen LogP contribution in [0.3, 0.4) is 0 Å². The number of carbonyl (C=O) groups is 1. The average molecular weight is 331 g/mol. The first-order valence-electron chi connectivity index (χ1n) is 7.92. The zero-order chi connectivity index (χ0) is 15.9. The molecule has 3 aliphatic rings. The van der Waals surface area contributed by atoms with Crippen LogP contribution in [0.25, 0.3) is 0 Å². The van der Waals surface area contributed by atoms with Crippen LogP contribution in [0.15, 0.2) is 0 Å². The van der Waals surface area contributed by atoms with Crippen LogP contribution in [0, 0.1) is 5.92 Å².